The van der Waals surface area contributed by atoms with Gasteiger partial charge in [0.1, 0.15) is 0 Å². The van der Waals surface area contributed by atoms with E-state index in [9.17, 15) is 5.11 Å². The largest absolute Gasteiger partial charge is 0.393 e. The summed E-state index contributed by atoms with van der Waals surface area (Å²) >= 11 is 0. The van der Waals surface area contributed by atoms with E-state index >= 15 is 0 Å². The van der Waals surface area contributed by atoms with E-state index in [4.69, 9.17) is 5.73 Å². The van der Waals surface area contributed by atoms with Gasteiger partial charge in [-0.3, -0.25) is 0 Å². The van der Waals surface area contributed by atoms with Gasteiger partial charge < -0.3 is 16.2 Å². The lowest BCUT2D eigenvalue weighted by Gasteiger charge is -2.29. The molecule has 3 heteroatoms. The van der Waals surface area contributed by atoms with Gasteiger partial charge in [0.25, 0.3) is 0 Å². The lowest BCUT2D eigenvalue weighted by Crippen LogP contribution is -2.43. The molecular weight excluding hydrogens is 212 g/mol. The lowest BCUT2D eigenvalue weighted by atomic mass is 9.84. The maximum atomic E-state index is 9.36. The Morgan fingerprint density at radius 3 is 2.41 bits per heavy atom. The summed E-state index contributed by atoms with van der Waals surface area (Å²) in [4.78, 5) is 0. The summed E-state index contributed by atoms with van der Waals surface area (Å²) in [6.07, 6.45) is 8.74. The summed E-state index contributed by atoms with van der Waals surface area (Å²) in [6, 6.07) is 0.777. The van der Waals surface area contributed by atoms with Gasteiger partial charge in [-0.2, -0.15) is 0 Å². The van der Waals surface area contributed by atoms with Crippen molar-refractivity contribution in [2.75, 3.05) is 6.54 Å². The Labute approximate surface area is 106 Å². The van der Waals surface area contributed by atoms with Crippen LogP contribution in [0, 0.1) is 5.92 Å². The summed E-state index contributed by atoms with van der Waals surface area (Å²) in [5.74, 6) is 0.864. The van der Waals surface area contributed by atoms with Crippen molar-refractivity contribution in [3.8, 4) is 0 Å². The number of rotatable bonds is 7. The first-order chi connectivity index (χ1) is 8.11. The molecule has 0 aromatic carbocycles. The van der Waals surface area contributed by atoms with E-state index in [1.807, 2.05) is 6.92 Å². The standard InChI is InChI=1S/C14H30N2O/c1-11(8-12(2)17)16-14(10-15)9-13-6-4-3-5-7-13/h11-14,16-17H,3-10,15H2,1-2H3. The van der Waals surface area contributed by atoms with Crippen molar-refractivity contribution in [3.63, 3.8) is 0 Å². The predicted octanol–water partition coefficient (Wildman–Crippen LogP) is 2.03. The molecule has 1 rings (SSSR count). The van der Waals surface area contributed by atoms with Crippen LogP contribution in [0.1, 0.15) is 58.8 Å². The molecule has 1 fully saturated rings. The lowest BCUT2D eigenvalue weighted by molar-refractivity contribution is 0.165. The van der Waals surface area contributed by atoms with Crippen molar-refractivity contribution in [1.82, 2.24) is 5.32 Å². The normalized spacial score (nSPS) is 23.3. The molecule has 0 bridgehead atoms. The van der Waals surface area contributed by atoms with Gasteiger partial charge in [-0.1, -0.05) is 32.1 Å². The average Bonchev–Trinajstić information content (AvgIpc) is 2.28. The molecule has 3 atom stereocenters. The van der Waals surface area contributed by atoms with Gasteiger partial charge in [-0.25, -0.2) is 0 Å². The Hall–Kier alpha value is -0.120. The summed E-state index contributed by atoms with van der Waals surface area (Å²) in [5.41, 5.74) is 5.84. The fourth-order valence-corrected chi connectivity index (χ4v) is 3.04. The van der Waals surface area contributed by atoms with Crippen LogP contribution in [0.5, 0.6) is 0 Å². The third-order valence-corrected chi connectivity index (χ3v) is 3.84. The molecule has 0 aromatic heterocycles. The van der Waals surface area contributed by atoms with Gasteiger partial charge >= 0.3 is 0 Å². The van der Waals surface area contributed by atoms with Crippen LogP contribution in [0.3, 0.4) is 0 Å². The van der Waals surface area contributed by atoms with Gasteiger partial charge in [0.15, 0.2) is 0 Å². The molecule has 0 aliphatic heterocycles. The van der Waals surface area contributed by atoms with Crippen molar-refractivity contribution in [3.05, 3.63) is 0 Å². The monoisotopic (exact) mass is 242 g/mol. The second-order valence-electron chi connectivity index (χ2n) is 5.82. The van der Waals surface area contributed by atoms with E-state index in [1.165, 1.54) is 38.5 Å². The highest BCUT2D eigenvalue weighted by atomic mass is 16.3. The van der Waals surface area contributed by atoms with Crippen LogP contribution >= 0.6 is 0 Å². The molecule has 0 spiro atoms. The van der Waals surface area contributed by atoms with E-state index in [2.05, 4.69) is 12.2 Å². The SMILES string of the molecule is CC(O)CC(C)NC(CN)CC1CCCCC1. The first kappa shape index (κ1) is 14.9. The summed E-state index contributed by atoms with van der Waals surface area (Å²) < 4.78 is 0. The third kappa shape index (κ3) is 6.39. The minimum absolute atomic E-state index is 0.231. The second-order valence-corrected chi connectivity index (χ2v) is 5.82. The predicted molar refractivity (Wildman–Crippen MR) is 72.9 cm³/mol. The Bertz CT molecular complexity index is 191. The maximum absolute atomic E-state index is 9.36. The van der Waals surface area contributed by atoms with E-state index in [1.54, 1.807) is 0 Å². The van der Waals surface area contributed by atoms with Gasteiger partial charge in [0.2, 0.25) is 0 Å². The number of aliphatic hydroxyl groups excluding tert-OH is 1. The maximum Gasteiger partial charge on any atom is 0.0526 e. The third-order valence-electron chi connectivity index (χ3n) is 3.84. The molecule has 3 nitrogen and oxygen atoms in total. The van der Waals surface area contributed by atoms with Gasteiger partial charge in [0, 0.05) is 18.6 Å². The number of nitrogens with one attached hydrogen (secondary N) is 1. The molecule has 0 saturated heterocycles. The summed E-state index contributed by atoms with van der Waals surface area (Å²) in [6.45, 7) is 4.69. The fraction of sp³-hybridized carbons (Fsp3) is 1.00. The van der Waals surface area contributed by atoms with Crippen molar-refractivity contribution in [2.45, 2.75) is 77.0 Å². The summed E-state index contributed by atoms with van der Waals surface area (Å²) in [5, 5.41) is 12.9. The van der Waals surface area contributed by atoms with Gasteiger partial charge in [-0.15, -0.1) is 0 Å². The fourth-order valence-electron chi connectivity index (χ4n) is 3.04. The van der Waals surface area contributed by atoms with Crippen molar-refractivity contribution >= 4 is 0 Å². The molecule has 4 N–H and O–H groups in total. The molecule has 102 valence electrons. The van der Waals surface area contributed by atoms with Crippen LogP contribution < -0.4 is 11.1 Å². The van der Waals surface area contributed by atoms with E-state index < -0.39 is 0 Å². The Balaban J connectivity index is 2.26. The Morgan fingerprint density at radius 2 is 1.88 bits per heavy atom. The van der Waals surface area contributed by atoms with E-state index in [-0.39, 0.29) is 6.10 Å². The zero-order chi connectivity index (χ0) is 12.7. The minimum atomic E-state index is -0.231. The van der Waals surface area contributed by atoms with Gasteiger partial charge in [0.05, 0.1) is 6.10 Å². The Morgan fingerprint density at radius 1 is 1.24 bits per heavy atom. The quantitative estimate of drug-likeness (QED) is 0.640. The molecule has 0 amide bonds. The molecule has 1 aliphatic rings. The van der Waals surface area contributed by atoms with Crippen molar-refractivity contribution in [2.24, 2.45) is 11.7 Å². The second kappa shape index (κ2) is 8.06. The highest BCUT2D eigenvalue weighted by Gasteiger charge is 2.19. The van der Waals surface area contributed by atoms with Crippen LogP contribution in [0.4, 0.5) is 0 Å². The van der Waals surface area contributed by atoms with Crippen LogP contribution in [-0.4, -0.2) is 29.8 Å². The van der Waals surface area contributed by atoms with Crippen LogP contribution in [0.15, 0.2) is 0 Å². The first-order valence-electron chi connectivity index (χ1n) is 7.26. The number of aliphatic hydroxyl groups is 1. The zero-order valence-corrected chi connectivity index (χ0v) is 11.5. The number of nitrogens with two attached hydrogens (primary N) is 1. The van der Waals surface area contributed by atoms with Crippen molar-refractivity contribution < 1.29 is 5.11 Å². The molecule has 0 radical (unpaired) electrons. The van der Waals surface area contributed by atoms with E-state index in [0.717, 1.165) is 12.3 Å². The highest BCUT2D eigenvalue weighted by molar-refractivity contribution is 4.78. The zero-order valence-electron chi connectivity index (χ0n) is 11.5. The molecule has 1 saturated carbocycles. The molecule has 3 unspecified atom stereocenters. The van der Waals surface area contributed by atoms with Crippen LogP contribution in [-0.2, 0) is 0 Å². The molecule has 1 aliphatic carbocycles. The number of hydrogen-bond acceptors (Lipinski definition) is 3. The molecule has 0 aromatic rings. The average molecular weight is 242 g/mol. The first-order valence-corrected chi connectivity index (χ1v) is 7.26. The topological polar surface area (TPSA) is 58.3 Å². The molecule has 0 heterocycles. The highest BCUT2D eigenvalue weighted by Crippen LogP contribution is 2.27. The van der Waals surface area contributed by atoms with E-state index in [0.29, 0.717) is 18.6 Å². The van der Waals surface area contributed by atoms with Crippen LogP contribution in [0.2, 0.25) is 0 Å². The minimum Gasteiger partial charge on any atom is -0.393 e. The molecule has 17 heavy (non-hydrogen) atoms. The van der Waals surface area contributed by atoms with Crippen LogP contribution in [0.25, 0.3) is 0 Å². The van der Waals surface area contributed by atoms with Gasteiger partial charge in [-0.05, 0) is 32.6 Å². The van der Waals surface area contributed by atoms with Crippen molar-refractivity contribution in [1.29, 1.82) is 0 Å². The smallest absolute Gasteiger partial charge is 0.0526 e. The summed E-state index contributed by atoms with van der Waals surface area (Å²) in [7, 11) is 0. The number of hydrogen-bond donors (Lipinski definition) is 3. The Kier molecular flexibility index (Phi) is 7.09. The molecular formula is C14H30N2O.